The molecule has 2 aromatic heterocycles. The van der Waals surface area contributed by atoms with Gasteiger partial charge in [0.2, 0.25) is 5.91 Å². The van der Waals surface area contributed by atoms with E-state index in [4.69, 9.17) is 0 Å². The summed E-state index contributed by atoms with van der Waals surface area (Å²) in [7, 11) is 1.83. The SMILES string of the molecule is CC(=O)N1CCCN(Cc2ccccn2)CCCN(C(=O)c2cn(C)nc2C)Cc2ccccc21. The molecular weight excluding hydrogens is 440 g/mol. The Morgan fingerprint density at radius 3 is 2.40 bits per heavy atom. The van der Waals surface area contributed by atoms with E-state index in [-0.39, 0.29) is 11.8 Å². The lowest BCUT2D eigenvalue weighted by atomic mass is 10.1. The normalized spacial score (nSPS) is 15.7. The fourth-order valence-corrected chi connectivity index (χ4v) is 4.72. The third-order valence-electron chi connectivity index (χ3n) is 6.42. The van der Waals surface area contributed by atoms with Gasteiger partial charge >= 0.3 is 0 Å². The van der Waals surface area contributed by atoms with Gasteiger partial charge in [-0.05, 0) is 43.5 Å². The fraction of sp³-hybridized carbons (Fsp3) is 0.407. The van der Waals surface area contributed by atoms with Gasteiger partial charge in [-0.15, -0.1) is 0 Å². The minimum Gasteiger partial charge on any atom is -0.334 e. The molecule has 0 bridgehead atoms. The van der Waals surface area contributed by atoms with Crippen LogP contribution in [0.1, 0.15) is 47.1 Å². The van der Waals surface area contributed by atoms with Crippen molar-refractivity contribution in [2.45, 2.75) is 39.8 Å². The molecule has 0 unspecified atom stereocenters. The van der Waals surface area contributed by atoms with Gasteiger partial charge in [0.25, 0.3) is 5.91 Å². The number of pyridine rings is 1. The molecule has 0 saturated heterocycles. The van der Waals surface area contributed by atoms with Crippen LogP contribution in [0.25, 0.3) is 0 Å². The first-order chi connectivity index (χ1) is 16.9. The summed E-state index contributed by atoms with van der Waals surface area (Å²) in [5, 5.41) is 4.37. The Labute approximate surface area is 207 Å². The largest absolute Gasteiger partial charge is 0.334 e. The quantitative estimate of drug-likeness (QED) is 0.582. The van der Waals surface area contributed by atoms with E-state index < -0.39 is 0 Å². The van der Waals surface area contributed by atoms with Gasteiger partial charge in [0, 0.05) is 71.3 Å². The van der Waals surface area contributed by atoms with Crippen molar-refractivity contribution in [1.29, 1.82) is 0 Å². The van der Waals surface area contributed by atoms with Crippen LogP contribution < -0.4 is 4.90 Å². The highest BCUT2D eigenvalue weighted by Gasteiger charge is 2.24. The number of hydrogen-bond donors (Lipinski definition) is 0. The predicted molar refractivity (Wildman–Crippen MR) is 136 cm³/mol. The summed E-state index contributed by atoms with van der Waals surface area (Å²) in [6, 6.07) is 13.9. The Hall–Kier alpha value is -3.52. The highest BCUT2D eigenvalue weighted by atomic mass is 16.2. The Morgan fingerprint density at radius 2 is 1.71 bits per heavy atom. The molecule has 184 valence electrons. The van der Waals surface area contributed by atoms with Crippen LogP contribution in [0.3, 0.4) is 0 Å². The summed E-state index contributed by atoms with van der Waals surface area (Å²) in [4.78, 5) is 36.9. The molecule has 1 aliphatic rings. The van der Waals surface area contributed by atoms with Crippen molar-refractivity contribution in [3.05, 3.63) is 77.4 Å². The van der Waals surface area contributed by atoms with E-state index >= 15 is 0 Å². The fourth-order valence-electron chi connectivity index (χ4n) is 4.72. The highest BCUT2D eigenvalue weighted by molar-refractivity contribution is 5.95. The zero-order chi connectivity index (χ0) is 24.8. The van der Waals surface area contributed by atoms with Crippen LogP contribution in [-0.4, -0.2) is 62.6 Å². The molecule has 0 saturated carbocycles. The number of amides is 2. The second-order valence-corrected chi connectivity index (χ2v) is 9.13. The molecule has 1 aromatic carbocycles. The van der Waals surface area contributed by atoms with Gasteiger partial charge in [-0.3, -0.25) is 24.2 Å². The first-order valence-electron chi connectivity index (χ1n) is 12.2. The maximum Gasteiger partial charge on any atom is 0.257 e. The van der Waals surface area contributed by atoms with E-state index in [1.165, 1.54) is 0 Å². The minimum absolute atomic E-state index is 0.00626. The van der Waals surface area contributed by atoms with Crippen molar-refractivity contribution in [2.75, 3.05) is 31.1 Å². The zero-order valence-electron chi connectivity index (χ0n) is 20.9. The van der Waals surface area contributed by atoms with Crippen molar-refractivity contribution >= 4 is 17.5 Å². The number of para-hydroxylation sites is 1. The van der Waals surface area contributed by atoms with Crippen molar-refractivity contribution in [3.63, 3.8) is 0 Å². The molecule has 0 fully saturated rings. The Balaban J connectivity index is 1.64. The lowest BCUT2D eigenvalue weighted by Crippen LogP contribution is -2.38. The standard InChI is InChI=1S/C27H34N6O2/c1-21-25(20-30(3)29-21)27(35)32-16-8-14-31(19-24-11-6-7-13-28-24)15-9-17-33(22(2)34)26-12-5-4-10-23(26)18-32/h4-7,10-13,20H,8-9,14-19H2,1-3H3. The maximum absolute atomic E-state index is 13.6. The summed E-state index contributed by atoms with van der Waals surface area (Å²) in [5.74, 6) is -0.0279. The number of benzene rings is 1. The number of aromatic nitrogens is 3. The van der Waals surface area contributed by atoms with Crippen LogP contribution in [0.15, 0.2) is 54.9 Å². The number of fused-ring (bicyclic) bond motifs is 1. The molecule has 8 nitrogen and oxygen atoms in total. The molecule has 8 heteroatoms. The third kappa shape index (κ3) is 6.14. The van der Waals surface area contributed by atoms with Gasteiger partial charge in [-0.2, -0.15) is 5.10 Å². The predicted octanol–water partition coefficient (Wildman–Crippen LogP) is 3.41. The first kappa shape index (κ1) is 24.6. The van der Waals surface area contributed by atoms with Crippen molar-refractivity contribution in [2.24, 2.45) is 7.05 Å². The Kier molecular flexibility index (Phi) is 7.92. The van der Waals surface area contributed by atoms with Crippen LogP contribution in [0.2, 0.25) is 0 Å². The number of rotatable bonds is 3. The van der Waals surface area contributed by atoms with Gasteiger partial charge in [0.15, 0.2) is 0 Å². The summed E-state index contributed by atoms with van der Waals surface area (Å²) >= 11 is 0. The number of anilines is 1. The van der Waals surface area contributed by atoms with Crippen LogP contribution in [0.5, 0.6) is 0 Å². The molecule has 0 atom stereocenters. The monoisotopic (exact) mass is 474 g/mol. The van der Waals surface area contributed by atoms with Gasteiger partial charge in [0.1, 0.15) is 0 Å². The zero-order valence-corrected chi connectivity index (χ0v) is 20.9. The van der Waals surface area contributed by atoms with Gasteiger partial charge < -0.3 is 9.80 Å². The van der Waals surface area contributed by atoms with Gasteiger partial charge in [-0.1, -0.05) is 24.3 Å². The van der Waals surface area contributed by atoms with Gasteiger partial charge in [0.05, 0.1) is 17.0 Å². The molecule has 35 heavy (non-hydrogen) atoms. The number of aryl methyl sites for hydroxylation is 2. The molecule has 0 aliphatic carbocycles. The molecule has 0 radical (unpaired) electrons. The highest BCUT2D eigenvalue weighted by Crippen LogP contribution is 2.25. The van der Waals surface area contributed by atoms with Crippen molar-refractivity contribution in [1.82, 2.24) is 24.6 Å². The van der Waals surface area contributed by atoms with E-state index in [0.29, 0.717) is 25.2 Å². The molecular formula is C27H34N6O2. The minimum atomic E-state index is -0.0342. The molecule has 0 N–H and O–H groups in total. The smallest absolute Gasteiger partial charge is 0.257 e. The van der Waals surface area contributed by atoms with E-state index in [1.54, 1.807) is 17.8 Å². The summed E-state index contributed by atoms with van der Waals surface area (Å²) in [6.07, 6.45) is 5.31. The molecule has 3 aromatic rings. The van der Waals surface area contributed by atoms with Crippen LogP contribution in [0.4, 0.5) is 5.69 Å². The molecule has 4 rings (SSSR count). The average Bonchev–Trinajstić information content (AvgIpc) is 3.18. The van der Waals surface area contributed by atoms with Crippen molar-refractivity contribution < 1.29 is 9.59 Å². The Bertz CT molecular complexity index is 1160. The maximum atomic E-state index is 13.6. The summed E-state index contributed by atoms with van der Waals surface area (Å²) < 4.78 is 1.68. The number of hydrogen-bond acceptors (Lipinski definition) is 5. The lowest BCUT2D eigenvalue weighted by Gasteiger charge is -2.31. The van der Waals surface area contributed by atoms with Gasteiger partial charge in [-0.25, -0.2) is 0 Å². The molecule has 3 heterocycles. The molecule has 2 amide bonds. The molecule has 1 aliphatic heterocycles. The second-order valence-electron chi connectivity index (χ2n) is 9.13. The second kappa shape index (κ2) is 11.3. The Morgan fingerprint density at radius 1 is 0.971 bits per heavy atom. The van der Waals surface area contributed by atoms with Crippen LogP contribution in [0, 0.1) is 6.92 Å². The first-order valence-corrected chi connectivity index (χ1v) is 12.2. The number of carbonyl (C=O) groups excluding carboxylic acids is 2. The number of carbonyl (C=O) groups is 2. The average molecular weight is 475 g/mol. The van der Waals surface area contributed by atoms with E-state index in [9.17, 15) is 9.59 Å². The van der Waals surface area contributed by atoms with Crippen molar-refractivity contribution in [3.8, 4) is 0 Å². The lowest BCUT2D eigenvalue weighted by molar-refractivity contribution is -0.116. The topological polar surface area (TPSA) is 74.6 Å². The van der Waals surface area contributed by atoms with E-state index in [0.717, 1.165) is 55.1 Å². The van der Waals surface area contributed by atoms with E-state index in [2.05, 4.69) is 15.0 Å². The summed E-state index contributed by atoms with van der Waals surface area (Å²) in [5.41, 5.74) is 4.21. The van der Waals surface area contributed by atoms with Crippen LogP contribution >= 0.6 is 0 Å². The van der Waals surface area contributed by atoms with E-state index in [1.807, 2.05) is 72.4 Å². The molecule has 0 spiro atoms. The number of nitrogens with zero attached hydrogens (tertiary/aromatic N) is 6. The third-order valence-corrected chi connectivity index (χ3v) is 6.42. The van der Waals surface area contributed by atoms with Crippen LogP contribution in [-0.2, 0) is 24.9 Å². The summed E-state index contributed by atoms with van der Waals surface area (Å²) in [6.45, 7) is 7.58.